The maximum absolute atomic E-state index is 4.11. The van der Waals surface area contributed by atoms with Crippen molar-refractivity contribution in [1.29, 1.82) is 0 Å². The van der Waals surface area contributed by atoms with Crippen LogP contribution in [0.5, 0.6) is 0 Å². The number of likely N-dealkylation sites (N-methyl/N-ethyl adjacent to an activating group) is 1. The quantitative estimate of drug-likeness (QED) is 0.699. The fourth-order valence-electron chi connectivity index (χ4n) is 2.06. The van der Waals surface area contributed by atoms with E-state index in [9.17, 15) is 0 Å². The van der Waals surface area contributed by atoms with E-state index in [-0.39, 0.29) is 0 Å². The molecule has 0 radical (unpaired) electrons. The lowest BCUT2D eigenvalue weighted by molar-refractivity contribution is 0.357. The van der Waals surface area contributed by atoms with Crippen LogP contribution in [0.15, 0.2) is 36.7 Å². The summed E-state index contributed by atoms with van der Waals surface area (Å²) < 4.78 is 0. The van der Waals surface area contributed by atoms with Crippen molar-refractivity contribution in [3.8, 4) is 0 Å². The lowest BCUT2D eigenvalue weighted by Crippen LogP contribution is -2.22. The van der Waals surface area contributed by atoms with Crippen molar-refractivity contribution in [1.82, 2.24) is 9.88 Å². The van der Waals surface area contributed by atoms with E-state index in [1.165, 1.54) is 24.9 Å². The van der Waals surface area contributed by atoms with Gasteiger partial charge >= 0.3 is 0 Å². The number of pyridine rings is 1. The molecule has 1 aliphatic rings. The first-order chi connectivity index (χ1) is 7.36. The number of rotatable bonds is 3. The average molecular weight is 202 g/mol. The lowest BCUT2D eigenvalue weighted by atomic mass is 10.1. The summed E-state index contributed by atoms with van der Waals surface area (Å²) in [6.07, 6.45) is 12.0. The second kappa shape index (κ2) is 5.08. The van der Waals surface area contributed by atoms with Crippen molar-refractivity contribution in [2.24, 2.45) is 0 Å². The van der Waals surface area contributed by atoms with Crippen molar-refractivity contribution < 1.29 is 0 Å². The Bertz CT molecular complexity index is 319. The summed E-state index contributed by atoms with van der Waals surface area (Å²) in [7, 11) is 2.20. The molecule has 0 aliphatic carbocycles. The van der Waals surface area contributed by atoms with Gasteiger partial charge in [0.1, 0.15) is 0 Å². The van der Waals surface area contributed by atoms with Crippen molar-refractivity contribution in [2.75, 3.05) is 13.6 Å². The molecule has 2 nitrogen and oxygen atoms in total. The van der Waals surface area contributed by atoms with E-state index in [1.54, 1.807) is 0 Å². The summed E-state index contributed by atoms with van der Waals surface area (Å²) in [6.45, 7) is 1.24. The van der Waals surface area contributed by atoms with Crippen LogP contribution in [0.3, 0.4) is 0 Å². The van der Waals surface area contributed by atoms with Crippen LogP contribution in [0, 0.1) is 0 Å². The Hall–Kier alpha value is -1.15. The van der Waals surface area contributed by atoms with E-state index in [0.29, 0.717) is 6.04 Å². The largest absolute Gasteiger partial charge is 0.300 e. The molecular weight excluding hydrogens is 184 g/mol. The molecule has 0 amide bonds. The third-order valence-corrected chi connectivity index (χ3v) is 3.01. The van der Waals surface area contributed by atoms with Gasteiger partial charge in [-0.25, -0.2) is 0 Å². The minimum absolute atomic E-state index is 0.654. The molecule has 0 aromatic carbocycles. The second-order valence-corrected chi connectivity index (χ2v) is 4.18. The van der Waals surface area contributed by atoms with Crippen LogP contribution in [0.1, 0.15) is 18.4 Å². The molecular formula is C13H18N2. The number of hydrogen-bond donors (Lipinski definition) is 0. The Morgan fingerprint density at radius 3 is 3.20 bits per heavy atom. The summed E-state index contributed by atoms with van der Waals surface area (Å²) in [6, 6.07) is 4.77. The molecule has 0 spiro atoms. The van der Waals surface area contributed by atoms with Crippen molar-refractivity contribution >= 4 is 0 Å². The number of hydrogen-bond acceptors (Lipinski definition) is 2. The van der Waals surface area contributed by atoms with Gasteiger partial charge in [0, 0.05) is 18.4 Å². The second-order valence-electron chi connectivity index (χ2n) is 4.18. The van der Waals surface area contributed by atoms with Gasteiger partial charge in [-0.05, 0) is 44.5 Å². The molecule has 1 fully saturated rings. The molecule has 1 aromatic rings. The van der Waals surface area contributed by atoms with Crippen LogP contribution in [-0.4, -0.2) is 29.5 Å². The summed E-state index contributed by atoms with van der Waals surface area (Å²) in [4.78, 5) is 6.52. The van der Waals surface area contributed by atoms with E-state index in [4.69, 9.17) is 0 Å². The average Bonchev–Trinajstić information content (AvgIpc) is 2.66. The summed E-state index contributed by atoms with van der Waals surface area (Å²) in [5, 5.41) is 0. The molecule has 0 bridgehead atoms. The maximum atomic E-state index is 4.11. The highest BCUT2D eigenvalue weighted by atomic mass is 15.1. The molecule has 1 unspecified atom stereocenters. The fourth-order valence-corrected chi connectivity index (χ4v) is 2.06. The van der Waals surface area contributed by atoms with E-state index in [2.05, 4.69) is 35.1 Å². The third-order valence-electron chi connectivity index (χ3n) is 3.01. The number of likely N-dealkylation sites (tertiary alicyclic amines) is 1. The van der Waals surface area contributed by atoms with Crippen LogP contribution < -0.4 is 0 Å². The van der Waals surface area contributed by atoms with Crippen LogP contribution in [0.2, 0.25) is 0 Å². The molecule has 2 rings (SSSR count). The van der Waals surface area contributed by atoms with Crippen LogP contribution in [0.25, 0.3) is 0 Å². The van der Waals surface area contributed by atoms with Crippen molar-refractivity contribution in [3.05, 3.63) is 42.2 Å². The van der Waals surface area contributed by atoms with E-state index >= 15 is 0 Å². The van der Waals surface area contributed by atoms with Gasteiger partial charge in [-0.2, -0.15) is 0 Å². The predicted molar refractivity (Wildman–Crippen MR) is 62.7 cm³/mol. The molecule has 1 aliphatic heterocycles. The number of allylic oxidation sites excluding steroid dienone is 1. The van der Waals surface area contributed by atoms with E-state index < -0.39 is 0 Å². The monoisotopic (exact) mass is 202 g/mol. The predicted octanol–water partition coefficient (Wildman–Crippen LogP) is 2.27. The topological polar surface area (TPSA) is 16.1 Å². The highest BCUT2D eigenvalue weighted by molar-refractivity contribution is 5.13. The Balaban J connectivity index is 1.85. The number of aromatic nitrogens is 1. The summed E-state index contributed by atoms with van der Waals surface area (Å²) >= 11 is 0. The fraction of sp³-hybridized carbons (Fsp3) is 0.462. The third kappa shape index (κ3) is 2.90. The summed E-state index contributed by atoms with van der Waals surface area (Å²) in [5.41, 5.74) is 1.29. The molecule has 80 valence electrons. The minimum Gasteiger partial charge on any atom is -0.300 e. The first kappa shape index (κ1) is 10.4. The van der Waals surface area contributed by atoms with Gasteiger partial charge in [-0.3, -0.25) is 9.88 Å². The molecule has 1 saturated heterocycles. The Morgan fingerprint density at radius 2 is 2.53 bits per heavy atom. The standard InChI is InChI=1S/C13H18N2/c1-15-10-4-8-13(15)7-2-5-12-6-3-9-14-11-12/h2-3,6-7,9,11,13H,4-5,8,10H2,1H3. The minimum atomic E-state index is 0.654. The summed E-state index contributed by atoms with van der Waals surface area (Å²) in [5.74, 6) is 0. The van der Waals surface area contributed by atoms with Gasteiger partial charge < -0.3 is 0 Å². The van der Waals surface area contributed by atoms with Gasteiger partial charge in [0.25, 0.3) is 0 Å². The normalized spacial score (nSPS) is 22.6. The lowest BCUT2D eigenvalue weighted by Gasteiger charge is -2.14. The zero-order chi connectivity index (χ0) is 10.5. The zero-order valence-electron chi connectivity index (χ0n) is 9.26. The van der Waals surface area contributed by atoms with Crippen molar-refractivity contribution in [3.63, 3.8) is 0 Å². The first-order valence-corrected chi connectivity index (χ1v) is 5.62. The van der Waals surface area contributed by atoms with Gasteiger partial charge in [0.05, 0.1) is 0 Å². The molecule has 0 saturated carbocycles. The van der Waals surface area contributed by atoms with Crippen LogP contribution in [-0.2, 0) is 6.42 Å². The molecule has 1 aromatic heterocycles. The van der Waals surface area contributed by atoms with Gasteiger partial charge in [0.2, 0.25) is 0 Å². The molecule has 0 N–H and O–H groups in total. The number of nitrogens with zero attached hydrogens (tertiary/aromatic N) is 2. The van der Waals surface area contributed by atoms with Crippen molar-refractivity contribution in [2.45, 2.75) is 25.3 Å². The Labute approximate surface area is 91.6 Å². The molecule has 1 atom stereocenters. The molecule has 2 heteroatoms. The van der Waals surface area contributed by atoms with Gasteiger partial charge in [0.15, 0.2) is 0 Å². The highest BCUT2D eigenvalue weighted by Crippen LogP contribution is 2.15. The van der Waals surface area contributed by atoms with E-state index in [0.717, 1.165) is 6.42 Å². The zero-order valence-corrected chi connectivity index (χ0v) is 9.26. The first-order valence-electron chi connectivity index (χ1n) is 5.62. The van der Waals surface area contributed by atoms with E-state index in [1.807, 2.05) is 18.5 Å². The Kier molecular flexibility index (Phi) is 3.51. The maximum Gasteiger partial charge on any atom is 0.0303 e. The highest BCUT2D eigenvalue weighted by Gasteiger charge is 2.17. The van der Waals surface area contributed by atoms with Crippen LogP contribution >= 0.6 is 0 Å². The smallest absolute Gasteiger partial charge is 0.0303 e. The van der Waals surface area contributed by atoms with Gasteiger partial charge in [-0.1, -0.05) is 18.2 Å². The molecule has 2 heterocycles. The van der Waals surface area contributed by atoms with Gasteiger partial charge in [-0.15, -0.1) is 0 Å². The Morgan fingerprint density at radius 1 is 1.60 bits per heavy atom. The van der Waals surface area contributed by atoms with Crippen LogP contribution in [0.4, 0.5) is 0 Å². The SMILES string of the molecule is CN1CCCC1C=CCc1cccnc1. The molecule has 15 heavy (non-hydrogen) atoms.